The Morgan fingerprint density at radius 2 is 2.09 bits per heavy atom. The Morgan fingerprint density at radius 1 is 1.35 bits per heavy atom. The van der Waals surface area contributed by atoms with Crippen molar-refractivity contribution in [1.29, 1.82) is 0 Å². The zero-order valence-corrected chi connectivity index (χ0v) is 12.6. The molecular formula is C15H15N5O3. The van der Waals surface area contributed by atoms with Gasteiger partial charge in [-0.2, -0.15) is 10.1 Å². The number of carboxylic acids is 1. The van der Waals surface area contributed by atoms with Crippen molar-refractivity contribution in [2.75, 3.05) is 5.73 Å². The van der Waals surface area contributed by atoms with Gasteiger partial charge in [-0.1, -0.05) is 12.1 Å². The minimum Gasteiger partial charge on any atom is -0.479 e. The van der Waals surface area contributed by atoms with E-state index in [1.807, 2.05) is 6.92 Å². The van der Waals surface area contributed by atoms with Crippen LogP contribution in [0.1, 0.15) is 18.2 Å². The molecule has 0 amide bonds. The van der Waals surface area contributed by atoms with E-state index in [1.165, 1.54) is 13.1 Å². The maximum Gasteiger partial charge on any atom is 0.340 e. The number of fused-ring (bicyclic) bond motifs is 1. The average molecular weight is 313 g/mol. The van der Waals surface area contributed by atoms with Crippen LogP contribution in [0.5, 0.6) is 0 Å². The van der Waals surface area contributed by atoms with Gasteiger partial charge in [0.25, 0.3) is 0 Å². The van der Waals surface area contributed by atoms with Gasteiger partial charge in [0.2, 0.25) is 5.95 Å². The number of rotatable bonds is 3. The second kappa shape index (κ2) is 5.03. The van der Waals surface area contributed by atoms with Gasteiger partial charge in [0.05, 0.1) is 11.2 Å². The third-order valence-corrected chi connectivity index (χ3v) is 3.72. The highest BCUT2D eigenvalue weighted by Crippen LogP contribution is 2.28. The fourth-order valence-corrected chi connectivity index (χ4v) is 2.35. The van der Waals surface area contributed by atoms with Crippen LogP contribution in [0.4, 0.5) is 5.95 Å². The zero-order valence-electron chi connectivity index (χ0n) is 12.6. The lowest BCUT2D eigenvalue weighted by Crippen LogP contribution is -2.31. The molecule has 8 nitrogen and oxygen atoms in total. The first-order chi connectivity index (χ1) is 10.8. The molecule has 3 rings (SSSR count). The Balaban J connectivity index is 2.26. The molecule has 0 aliphatic heterocycles. The Kier molecular flexibility index (Phi) is 3.26. The Hall–Kier alpha value is -3.00. The summed E-state index contributed by atoms with van der Waals surface area (Å²) in [4.78, 5) is 19.2. The van der Waals surface area contributed by atoms with Crippen LogP contribution >= 0.6 is 0 Å². The van der Waals surface area contributed by atoms with E-state index in [0.29, 0.717) is 11.3 Å². The number of nitrogens with two attached hydrogens (primary N) is 1. The van der Waals surface area contributed by atoms with Crippen molar-refractivity contribution in [1.82, 2.24) is 19.7 Å². The average Bonchev–Trinajstić information content (AvgIpc) is 2.84. The zero-order chi connectivity index (χ0) is 16.8. The number of nitrogen functional groups attached to an aromatic ring is 1. The van der Waals surface area contributed by atoms with Crippen molar-refractivity contribution in [3.8, 4) is 5.82 Å². The number of carbonyl (C=O) groups is 1. The molecule has 1 unspecified atom stereocenters. The minimum absolute atomic E-state index is 0.109. The molecule has 4 N–H and O–H groups in total. The van der Waals surface area contributed by atoms with Crippen LogP contribution in [0.25, 0.3) is 16.7 Å². The maximum atomic E-state index is 11.3. The van der Waals surface area contributed by atoms with E-state index in [9.17, 15) is 15.0 Å². The summed E-state index contributed by atoms with van der Waals surface area (Å²) in [6, 6.07) is 6.53. The van der Waals surface area contributed by atoms with Gasteiger partial charge in [0.15, 0.2) is 11.4 Å². The number of hydrogen-bond acceptors (Lipinski definition) is 6. The van der Waals surface area contributed by atoms with Gasteiger partial charge < -0.3 is 15.9 Å². The number of carboxylic acid groups (broad SMARTS) is 1. The summed E-state index contributed by atoms with van der Waals surface area (Å²) in [6.07, 6.45) is 1.51. The van der Waals surface area contributed by atoms with Crippen LogP contribution in [-0.2, 0) is 10.4 Å². The Morgan fingerprint density at radius 3 is 2.74 bits per heavy atom. The highest BCUT2D eigenvalue weighted by Gasteiger charge is 2.32. The monoisotopic (exact) mass is 313 g/mol. The van der Waals surface area contributed by atoms with Gasteiger partial charge in [-0.3, -0.25) is 0 Å². The van der Waals surface area contributed by atoms with Gasteiger partial charge in [-0.05, 0) is 25.5 Å². The lowest BCUT2D eigenvalue weighted by Gasteiger charge is -2.18. The maximum absolute atomic E-state index is 11.3. The molecule has 8 heteroatoms. The van der Waals surface area contributed by atoms with Crippen LogP contribution in [0.15, 0.2) is 30.5 Å². The Bertz CT molecular complexity index is 917. The molecule has 1 atom stereocenters. The number of anilines is 1. The number of aryl methyl sites for hydroxylation is 1. The van der Waals surface area contributed by atoms with Crippen LogP contribution in [0.3, 0.4) is 0 Å². The van der Waals surface area contributed by atoms with E-state index >= 15 is 0 Å². The second-order valence-corrected chi connectivity index (χ2v) is 5.38. The molecular weight excluding hydrogens is 298 g/mol. The number of aliphatic hydroxyl groups is 1. The van der Waals surface area contributed by atoms with E-state index in [0.717, 1.165) is 11.1 Å². The molecule has 0 aliphatic carbocycles. The number of aliphatic carboxylic acids is 1. The minimum atomic E-state index is -2.00. The first-order valence-corrected chi connectivity index (χ1v) is 6.85. The first-order valence-electron chi connectivity index (χ1n) is 6.85. The van der Waals surface area contributed by atoms with Gasteiger partial charge in [-0.15, -0.1) is 0 Å². The largest absolute Gasteiger partial charge is 0.479 e. The van der Waals surface area contributed by atoms with Crippen LogP contribution in [0, 0.1) is 6.92 Å². The van der Waals surface area contributed by atoms with Crippen LogP contribution in [-0.4, -0.2) is 35.9 Å². The predicted molar refractivity (Wildman–Crippen MR) is 83.0 cm³/mol. The molecule has 0 bridgehead atoms. The molecule has 2 aromatic heterocycles. The van der Waals surface area contributed by atoms with Gasteiger partial charge in [-0.25, -0.2) is 14.5 Å². The predicted octanol–water partition coefficient (Wildman–Crippen LogP) is 0.998. The van der Waals surface area contributed by atoms with Crippen molar-refractivity contribution < 1.29 is 15.0 Å². The summed E-state index contributed by atoms with van der Waals surface area (Å²) < 4.78 is 1.55. The van der Waals surface area contributed by atoms with E-state index in [1.54, 1.807) is 28.9 Å². The fourth-order valence-electron chi connectivity index (χ4n) is 2.35. The normalized spacial score (nSPS) is 13.9. The van der Waals surface area contributed by atoms with Gasteiger partial charge >= 0.3 is 5.97 Å². The molecule has 0 aliphatic rings. The van der Waals surface area contributed by atoms with Gasteiger partial charge in [0.1, 0.15) is 0 Å². The summed E-state index contributed by atoms with van der Waals surface area (Å²) in [6.45, 7) is 3.06. The lowest BCUT2D eigenvalue weighted by molar-refractivity contribution is -0.157. The SMILES string of the molecule is Cc1nn(-c2ccnc(N)n2)c2cc(C(C)(O)C(=O)O)ccc12. The first kappa shape index (κ1) is 14.9. The molecule has 2 heterocycles. The smallest absolute Gasteiger partial charge is 0.340 e. The van der Waals surface area contributed by atoms with Crippen molar-refractivity contribution in [2.45, 2.75) is 19.4 Å². The third kappa shape index (κ3) is 2.38. The van der Waals surface area contributed by atoms with E-state index < -0.39 is 11.6 Å². The van der Waals surface area contributed by atoms with Crippen molar-refractivity contribution in [3.05, 3.63) is 41.7 Å². The highest BCUT2D eigenvalue weighted by molar-refractivity contribution is 5.86. The van der Waals surface area contributed by atoms with Crippen molar-refractivity contribution in [2.24, 2.45) is 0 Å². The van der Waals surface area contributed by atoms with E-state index in [2.05, 4.69) is 15.1 Å². The molecule has 0 radical (unpaired) electrons. The molecule has 0 fully saturated rings. The van der Waals surface area contributed by atoms with Gasteiger partial charge in [0, 0.05) is 17.6 Å². The number of benzene rings is 1. The van der Waals surface area contributed by atoms with E-state index in [-0.39, 0.29) is 11.5 Å². The molecule has 118 valence electrons. The quantitative estimate of drug-likeness (QED) is 0.658. The number of aromatic nitrogens is 4. The van der Waals surface area contributed by atoms with Crippen LogP contribution in [0.2, 0.25) is 0 Å². The van der Waals surface area contributed by atoms with Crippen molar-refractivity contribution in [3.63, 3.8) is 0 Å². The van der Waals surface area contributed by atoms with Crippen molar-refractivity contribution >= 4 is 22.8 Å². The molecule has 3 aromatic rings. The second-order valence-electron chi connectivity index (χ2n) is 5.38. The molecule has 0 saturated carbocycles. The number of hydrogen-bond donors (Lipinski definition) is 3. The molecule has 0 saturated heterocycles. The topological polar surface area (TPSA) is 127 Å². The highest BCUT2D eigenvalue weighted by atomic mass is 16.4. The summed E-state index contributed by atoms with van der Waals surface area (Å²) in [5.41, 5.74) is 5.23. The van der Waals surface area contributed by atoms with Crippen LogP contribution < -0.4 is 5.73 Å². The molecule has 0 spiro atoms. The summed E-state index contributed by atoms with van der Waals surface area (Å²) in [5, 5.41) is 24.6. The lowest BCUT2D eigenvalue weighted by atomic mass is 9.95. The molecule has 23 heavy (non-hydrogen) atoms. The summed E-state index contributed by atoms with van der Waals surface area (Å²) in [7, 11) is 0. The fraction of sp³-hybridized carbons (Fsp3) is 0.200. The summed E-state index contributed by atoms with van der Waals surface area (Å²) >= 11 is 0. The Labute approximate surface area is 131 Å². The standard InChI is InChI=1S/C15H15N5O3/c1-8-10-4-3-9(15(2,23)13(21)22)7-11(10)20(19-8)12-5-6-17-14(16)18-12/h3-7,23H,1-2H3,(H,21,22)(H2,16,17,18). The summed E-state index contributed by atoms with van der Waals surface area (Å²) in [5.74, 6) is -0.758. The van der Waals surface area contributed by atoms with E-state index in [4.69, 9.17) is 5.73 Å². The third-order valence-electron chi connectivity index (χ3n) is 3.72. The number of nitrogens with zero attached hydrogens (tertiary/aromatic N) is 4. The molecule has 1 aromatic carbocycles.